The van der Waals surface area contributed by atoms with Crippen LogP contribution in [-0.2, 0) is 16.1 Å². The molecule has 0 bridgehead atoms. The first-order valence-corrected chi connectivity index (χ1v) is 8.13. The van der Waals surface area contributed by atoms with Gasteiger partial charge in [0.15, 0.2) is 0 Å². The fraction of sp³-hybridized carbons (Fsp3) is 0.733. The number of nitrogens with zero attached hydrogens (tertiary/aromatic N) is 4. The number of likely N-dealkylation sites (tertiary alicyclic amines) is 1. The number of aromatic nitrogens is 3. The zero-order valence-corrected chi connectivity index (χ0v) is 13.9. The number of nitrogens with one attached hydrogen (secondary N) is 2. The number of hydrogen-bond donors (Lipinski definition) is 2. The molecule has 2 amide bonds. The lowest BCUT2D eigenvalue weighted by Crippen LogP contribution is -2.42. The molecule has 1 aliphatic heterocycles. The summed E-state index contributed by atoms with van der Waals surface area (Å²) in [6, 6.07) is 0.577. The van der Waals surface area contributed by atoms with E-state index in [0.29, 0.717) is 25.6 Å². The van der Waals surface area contributed by atoms with E-state index >= 15 is 0 Å². The number of aryl methyl sites for hydroxylation is 1. The largest absolute Gasteiger partial charge is 0.356 e. The maximum Gasteiger partial charge on any atom is 0.221 e. The minimum atomic E-state index is -0.00743. The Hall–Kier alpha value is -1.96. The Morgan fingerprint density at radius 1 is 1.26 bits per heavy atom. The quantitative estimate of drug-likeness (QED) is 0.645. The van der Waals surface area contributed by atoms with Crippen LogP contribution in [0.5, 0.6) is 0 Å². The van der Waals surface area contributed by atoms with Gasteiger partial charge in [0.2, 0.25) is 11.8 Å². The molecule has 1 saturated heterocycles. The number of amides is 2. The monoisotopic (exact) mass is 322 g/mol. The Balaban J connectivity index is 1.62. The van der Waals surface area contributed by atoms with E-state index in [9.17, 15) is 9.59 Å². The lowest BCUT2D eigenvalue weighted by Gasteiger charge is -2.25. The Labute approximate surface area is 136 Å². The molecule has 0 aliphatic carbocycles. The van der Waals surface area contributed by atoms with Gasteiger partial charge in [-0.3, -0.25) is 19.2 Å². The van der Waals surface area contributed by atoms with Crippen LogP contribution >= 0.6 is 0 Å². The van der Waals surface area contributed by atoms with Crippen molar-refractivity contribution < 1.29 is 9.59 Å². The fourth-order valence-electron chi connectivity index (χ4n) is 2.95. The van der Waals surface area contributed by atoms with E-state index in [2.05, 4.69) is 25.8 Å². The molecule has 128 valence electrons. The third kappa shape index (κ3) is 5.63. The zero-order chi connectivity index (χ0) is 16.7. The Morgan fingerprint density at radius 2 is 2.04 bits per heavy atom. The second kappa shape index (κ2) is 8.61. The van der Waals surface area contributed by atoms with E-state index in [0.717, 1.165) is 25.8 Å². The third-order valence-electron chi connectivity index (χ3n) is 4.35. The minimum absolute atomic E-state index is 0.00743. The van der Waals surface area contributed by atoms with E-state index in [1.165, 1.54) is 6.92 Å². The van der Waals surface area contributed by atoms with Crippen LogP contribution in [0.1, 0.15) is 32.6 Å². The number of carbonyl (C=O) groups is 2. The van der Waals surface area contributed by atoms with Gasteiger partial charge in [-0.15, -0.1) is 5.10 Å². The Morgan fingerprint density at radius 3 is 2.74 bits per heavy atom. The van der Waals surface area contributed by atoms with Gasteiger partial charge < -0.3 is 10.6 Å². The smallest absolute Gasteiger partial charge is 0.221 e. The first-order valence-electron chi connectivity index (χ1n) is 8.13. The second-order valence-corrected chi connectivity index (χ2v) is 6.06. The van der Waals surface area contributed by atoms with E-state index in [1.807, 2.05) is 13.2 Å². The van der Waals surface area contributed by atoms with Crippen molar-refractivity contribution in [2.45, 2.75) is 51.2 Å². The summed E-state index contributed by atoms with van der Waals surface area (Å²) in [7, 11) is 2.03. The molecule has 1 aromatic heterocycles. The lowest BCUT2D eigenvalue weighted by molar-refractivity contribution is -0.122. The van der Waals surface area contributed by atoms with E-state index in [-0.39, 0.29) is 17.9 Å². The molecule has 23 heavy (non-hydrogen) atoms. The third-order valence-corrected chi connectivity index (χ3v) is 4.35. The molecule has 1 fully saturated rings. The number of hydrogen-bond acceptors (Lipinski definition) is 5. The maximum absolute atomic E-state index is 12.0. The first kappa shape index (κ1) is 17.4. The van der Waals surface area contributed by atoms with E-state index in [1.54, 1.807) is 10.9 Å². The summed E-state index contributed by atoms with van der Waals surface area (Å²) in [5.74, 6) is 0.0765. The van der Waals surface area contributed by atoms with Crippen molar-refractivity contribution in [2.24, 2.45) is 0 Å². The van der Waals surface area contributed by atoms with Gasteiger partial charge in [-0.2, -0.15) is 0 Å². The van der Waals surface area contributed by atoms with Crippen molar-refractivity contribution in [2.75, 3.05) is 20.1 Å². The van der Waals surface area contributed by atoms with Crippen molar-refractivity contribution in [1.29, 1.82) is 0 Å². The average Bonchev–Trinajstić information content (AvgIpc) is 3.13. The molecule has 1 aromatic rings. The van der Waals surface area contributed by atoms with Gasteiger partial charge in [0.05, 0.1) is 6.20 Å². The summed E-state index contributed by atoms with van der Waals surface area (Å²) in [6.45, 7) is 3.58. The summed E-state index contributed by atoms with van der Waals surface area (Å²) in [5, 5.41) is 13.4. The maximum atomic E-state index is 12.0. The molecule has 8 nitrogen and oxygen atoms in total. The van der Waals surface area contributed by atoms with E-state index in [4.69, 9.17) is 0 Å². The van der Waals surface area contributed by atoms with Gasteiger partial charge in [0.1, 0.15) is 0 Å². The molecular formula is C15H26N6O2. The average molecular weight is 322 g/mol. The van der Waals surface area contributed by atoms with Crippen LogP contribution < -0.4 is 10.6 Å². The van der Waals surface area contributed by atoms with Gasteiger partial charge in [0, 0.05) is 51.3 Å². The van der Waals surface area contributed by atoms with Crippen LogP contribution in [0, 0.1) is 0 Å². The Bertz CT molecular complexity index is 504. The summed E-state index contributed by atoms with van der Waals surface area (Å²) >= 11 is 0. The van der Waals surface area contributed by atoms with Crippen molar-refractivity contribution in [3.8, 4) is 0 Å². The summed E-state index contributed by atoms with van der Waals surface area (Å²) < 4.78 is 1.75. The predicted octanol–water partition coefficient (Wildman–Crippen LogP) is -0.227. The van der Waals surface area contributed by atoms with Gasteiger partial charge in [0.25, 0.3) is 0 Å². The van der Waals surface area contributed by atoms with Crippen LogP contribution in [-0.4, -0.2) is 63.9 Å². The Kier molecular flexibility index (Phi) is 6.52. The van der Waals surface area contributed by atoms with Gasteiger partial charge >= 0.3 is 0 Å². The van der Waals surface area contributed by atoms with Crippen molar-refractivity contribution in [3.63, 3.8) is 0 Å². The van der Waals surface area contributed by atoms with Crippen LogP contribution in [0.2, 0.25) is 0 Å². The molecule has 0 spiro atoms. The molecule has 2 heterocycles. The molecule has 2 atom stereocenters. The topological polar surface area (TPSA) is 92.2 Å². The van der Waals surface area contributed by atoms with Crippen LogP contribution in [0.15, 0.2) is 12.4 Å². The molecular weight excluding hydrogens is 296 g/mol. The van der Waals surface area contributed by atoms with Gasteiger partial charge in [-0.25, -0.2) is 0 Å². The fourth-order valence-corrected chi connectivity index (χ4v) is 2.95. The molecule has 2 N–H and O–H groups in total. The van der Waals surface area contributed by atoms with Crippen molar-refractivity contribution >= 4 is 11.8 Å². The molecule has 0 aromatic carbocycles. The van der Waals surface area contributed by atoms with Crippen LogP contribution in [0.4, 0.5) is 0 Å². The molecule has 8 heteroatoms. The van der Waals surface area contributed by atoms with Crippen molar-refractivity contribution in [1.82, 2.24) is 30.5 Å². The zero-order valence-electron chi connectivity index (χ0n) is 13.9. The van der Waals surface area contributed by atoms with Crippen LogP contribution in [0.25, 0.3) is 0 Å². The highest BCUT2D eigenvalue weighted by Crippen LogP contribution is 2.24. The first-order chi connectivity index (χ1) is 11.1. The molecule has 0 saturated carbocycles. The molecule has 1 aliphatic rings. The highest BCUT2D eigenvalue weighted by Gasteiger charge is 2.31. The normalized spacial score (nSPS) is 21.3. The van der Waals surface area contributed by atoms with Crippen molar-refractivity contribution in [3.05, 3.63) is 12.4 Å². The highest BCUT2D eigenvalue weighted by atomic mass is 16.2. The number of carbonyl (C=O) groups excluding carboxylic acids is 2. The standard InChI is InChI=1S/C15H26N6O2/c1-12(22)17-11-14-5-4-13(20(14)2)10-15(23)16-6-3-8-21-9-7-18-19-21/h7,9,13-14H,3-6,8,10-11H2,1-2H3,(H,16,23)(H,17,22)/t13-,14+/m0/s1. The molecule has 0 unspecified atom stereocenters. The van der Waals surface area contributed by atoms with Gasteiger partial charge in [-0.1, -0.05) is 5.21 Å². The predicted molar refractivity (Wildman–Crippen MR) is 85.5 cm³/mol. The minimum Gasteiger partial charge on any atom is -0.356 e. The summed E-state index contributed by atoms with van der Waals surface area (Å²) in [6.07, 6.45) is 6.81. The molecule has 2 rings (SSSR count). The highest BCUT2D eigenvalue weighted by molar-refractivity contribution is 5.76. The number of likely N-dealkylation sites (N-methyl/N-ethyl adjacent to an activating group) is 1. The summed E-state index contributed by atoms with van der Waals surface area (Å²) in [5.41, 5.74) is 0. The SMILES string of the molecule is CC(=O)NC[C@H]1CC[C@@H](CC(=O)NCCCn2ccnn2)N1C. The van der Waals surface area contributed by atoms with Gasteiger partial charge in [-0.05, 0) is 26.3 Å². The molecule has 0 radical (unpaired) electrons. The summed E-state index contributed by atoms with van der Waals surface area (Å²) in [4.78, 5) is 25.2. The van der Waals surface area contributed by atoms with E-state index < -0.39 is 0 Å². The number of rotatable bonds is 8. The second-order valence-electron chi connectivity index (χ2n) is 6.06. The van der Waals surface area contributed by atoms with Crippen LogP contribution in [0.3, 0.4) is 0 Å². The lowest BCUT2D eigenvalue weighted by atomic mass is 10.1.